The van der Waals surface area contributed by atoms with E-state index >= 15 is 0 Å². The Bertz CT molecular complexity index is 689. The summed E-state index contributed by atoms with van der Waals surface area (Å²) in [5.74, 6) is -1.80. The molecule has 0 unspecified atom stereocenters. The van der Waals surface area contributed by atoms with Gasteiger partial charge >= 0.3 is 11.9 Å². The summed E-state index contributed by atoms with van der Waals surface area (Å²) in [4.78, 5) is 48.9. The van der Waals surface area contributed by atoms with Gasteiger partial charge in [-0.25, -0.2) is 4.79 Å². The van der Waals surface area contributed by atoms with E-state index in [1.165, 1.54) is 84.2 Å². The Morgan fingerprint density at radius 2 is 1.15 bits per heavy atom. The highest BCUT2D eigenvalue weighted by Gasteiger charge is 2.26. The van der Waals surface area contributed by atoms with Gasteiger partial charge in [0.2, 0.25) is 11.8 Å². The quantitative estimate of drug-likeness (QED) is 0.110. The zero-order valence-electron chi connectivity index (χ0n) is 25.8. The molecule has 2 atom stereocenters. The molecule has 0 aromatic carbocycles. The van der Waals surface area contributed by atoms with Crippen LogP contribution >= 0.6 is 0 Å². The van der Waals surface area contributed by atoms with Crippen LogP contribution in [0, 0.1) is 0 Å². The average Bonchev–Trinajstić information content (AvgIpc) is 2.87. The Balaban J connectivity index is 3.99. The first-order chi connectivity index (χ1) is 18.5. The molecule has 0 radical (unpaired) electrons. The Hall–Kier alpha value is -2.12. The molecule has 8 nitrogen and oxygen atoms in total. The molecule has 0 aromatic rings. The highest BCUT2D eigenvalue weighted by molar-refractivity contribution is 5.90. The molecule has 228 valence electrons. The maximum Gasteiger partial charge on any atom is 0.328 e. The topological polar surface area (TPSA) is 111 Å². The fourth-order valence-corrected chi connectivity index (χ4v) is 4.38. The van der Waals surface area contributed by atoms with Gasteiger partial charge in [-0.05, 0) is 40.5 Å². The molecular formula is C31H58N2O6. The van der Waals surface area contributed by atoms with Crippen molar-refractivity contribution in [3.63, 3.8) is 0 Å². The Kier molecular flexibility index (Phi) is 21.4. The molecular weight excluding hydrogens is 496 g/mol. The lowest BCUT2D eigenvalue weighted by molar-refractivity contribution is -0.155. The number of esters is 2. The maximum atomic E-state index is 12.5. The van der Waals surface area contributed by atoms with E-state index < -0.39 is 35.5 Å². The van der Waals surface area contributed by atoms with Crippen molar-refractivity contribution in [2.45, 2.75) is 168 Å². The molecule has 0 saturated heterocycles. The molecule has 0 fully saturated rings. The van der Waals surface area contributed by atoms with Crippen LogP contribution in [0.2, 0.25) is 0 Å². The van der Waals surface area contributed by atoms with Crippen LogP contribution in [0.1, 0.15) is 150 Å². The number of unbranched alkanes of at least 4 members (excludes halogenated alkanes) is 14. The predicted octanol–water partition coefficient (Wildman–Crippen LogP) is 6.53. The van der Waals surface area contributed by atoms with Crippen LogP contribution in [0.5, 0.6) is 0 Å². The Labute approximate surface area is 238 Å². The number of ether oxygens (including phenoxy) is 2. The highest BCUT2D eigenvalue weighted by atomic mass is 16.6. The van der Waals surface area contributed by atoms with E-state index in [1.54, 1.807) is 27.7 Å². The van der Waals surface area contributed by atoms with E-state index in [2.05, 4.69) is 17.6 Å². The summed E-state index contributed by atoms with van der Waals surface area (Å²) in [5.41, 5.74) is -0.632. The molecule has 39 heavy (non-hydrogen) atoms. The van der Waals surface area contributed by atoms with Gasteiger partial charge in [-0.15, -0.1) is 0 Å². The number of nitrogens with one attached hydrogen (secondary N) is 2. The normalized spacial score (nSPS) is 12.9. The van der Waals surface area contributed by atoms with Crippen molar-refractivity contribution in [1.82, 2.24) is 10.6 Å². The Morgan fingerprint density at radius 3 is 1.59 bits per heavy atom. The molecule has 0 heterocycles. The summed E-state index contributed by atoms with van der Waals surface area (Å²) in [6.07, 6.45) is 19.3. The molecule has 0 aliphatic rings. The van der Waals surface area contributed by atoms with E-state index in [4.69, 9.17) is 9.47 Å². The van der Waals surface area contributed by atoms with Crippen LogP contribution in [-0.4, -0.2) is 48.5 Å². The molecule has 0 saturated carbocycles. The number of carbonyl (C=O) groups excluding carboxylic acids is 4. The predicted molar refractivity (Wildman–Crippen MR) is 156 cm³/mol. The van der Waals surface area contributed by atoms with Crippen molar-refractivity contribution in [2.24, 2.45) is 0 Å². The first-order valence-corrected chi connectivity index (χ1v) is 15.4. The van der Waals surface area contributed by atoms with Crippen LogP contribution in [0.3, 0.4) is 0 Å². The number of hydrogen-bond donors (Lipinski definition) is 2. The van der Waals surface area contributed by atoms with Crippen molar-refractivity contribution in [3.05, 3.63) is 0 Å². The van der Waals surface area contributed by atoms with Crippen LogP contribution in [-0.2, 0) is 28.7 Å². The highest BCUT2D eigenvalue weighted by Crippen LogP contribution is 2.14. The van der Waals surface area contributed by atoms with Gasteiger partial charge in [0, 0.05) is 12.8 Å². The van der Waals surface area contributed by atoms with Crippen molar-refractivity contribution in [3.8, 4) is 0 Å². The first-order valence-electron chi connectivity index (χ1n) is 15.4. The largest absolute Gasteiger partial charge is 0.467 e. The van der Waals surface area contributed by atoms with E-state index in [9.17, 15) is 19.2 Å². The van der Waals surface area contributed by atoms with E-state index in [1.807, 2.05) is 0 Å². The molecule has 2 N–H and O–H groups in total. The van der Waals surface area contributed by atoms with Crippen molar-refractivity contribution >= 4 is 23.8 Å². The summed E-state index contributed by atoms with van der Waals surface area (Å²) in [6, 6.07) is -1.80. The third-order valence-corrected chi connectivity index (χ3v) is 6.64. The van der Waals surface area contributed by atoms with Gasteiger partial charge in [0.25, 0.3) is 0 Å². The van der Waals surface area contributed by atoms with Crippen molar-refractivity contribution in [1.29, 1.82) is 0 Å². The molecule has 0 spiro atoms. The number of carbonyl (C=O) groups is 4. The lowest BCUT2D eigenvalue weighted by Crippen LogP contribution is -2.50. The van der Waals surface area contributed by atoms with Gasteiger partial charge in [-0.1, -0.05) is 96.8 Å². The smallest absolute Gasteiger partial charge is 0.328 e. The van der Waals surface area contributed by atoms with E-state index in [0.717, 1.165) is 19.3 Å². The zero-order valence-corrected chi connectivity index (χ0v) is 25.8. The van der Waals surface area contributed by atoms with Crippen molar-refractivity contribution in [2.75, 3.05) is 7.11 Å². The molecule has 2 amide bonds. The van der Waals surface area contributed by atoms with E-state index in [-0.39, 0.29) is 18.7 Å². The summed E-state index contributed by atoms with van der Waals surface area (Å²) < 4.78 is 10.0. The monoisotopic (exact) mass is 554 g/mol. The average molecular weight is 555 g/mol. The maximum absolute atomic E-state index is 12.5. The SMILES string of the molecule is CCCCCCCCCCCCCCCCCC(=O)N[C@@H](C)C(=O)N[C@H](CCC(=O)OC(C)(C)C)C(=O)OC. The minimum atomic E-state index is -0.995. The number of amides is 2. The summed E-state index contributed by atoms with van der Waals surface area (Å²) in [7, 11) is 1.22. The summed E-state index contributed by atoms with van der Waals surface area (Å²) >= 11 is 0. The van der Waals surface area contributed by atoms with Crippen LogP contribution in [0.4, 0.5) is 0 Å². The summed E-state index contributed by atoms with van der Waals surface area (Å²) in [6.45, 7) is 9.10. The van der Waals surface area contributed by atoms with Gasteiger partial charge in [-0.2, -0.15) is 0 Å². The lowest BCUT2D eigenvalue weighted by Gasteiger charge is -2.22. The zero-order chi connectivity index (χ0) is 29.5. The number of methoxy groups -OCH3 is 1. The van der Waals surface area contributed by atoms with Crippen molar-refractivity contribution < 1.29 is 28.7 Å². The first kappa shape index (κ1) is 36.9. The second kappa shape index (κ2) is 22.7. The molecule has 0 aliphatic heterocycles. The van der Waals surface area contributed by atoms with Crippen LogP contribution in [0.15, 0.2) is 0 Å². The van der Waals surface area contributed by atoms with Gasteiger partial charge in [0.1, 0.15) is 17.7 Å². The third-order valence-electron chi connectivity index (χ3n) is 6.64. The molecule has 0 aliphatic carbocycles. The van der Waals surface area contributed by atoms with Gasteiger partial charge in [0.05, 0.1) is 7.11 Å². The van der Waals surface area contributed by atoms with Crippen LogP contribution in [0.25, 0.3) is 0 Å². The van der Waals surface area contributed by atoms with Gasteiger partial charge in [-0.3, -0.25) is 14.4 Å². The van der Waals surface area contributed by atoms with E-state index in [0.29, 0.717) is 6.42 Å². The molecule has 0 bridgehead atoms. The van der Waals surface area contributed by atoms with Gasteiger partial charge in [0.15, 0.2) is 0 Å². The van der Waals surface area contributed by atoms with Gasteiger partial charge < -0.3 is 20.1 Å². The molecule has 0 aromatic heterocycles. The molecule has 0 rings (SSSR count). The number of hydrogen-bond acceptors (Lipinski definition) is 6. The molecule has 8 heteroatoms. The number of rotatable bonds is 23. The summed E-state index contributed by atoms with van der Waals surface area (Å²) in [5, 5.41) is 5.27. The second-order valence-electron chi connectivity index (χ2n) is 11.7. The Morgan fingerprint density at radius 1 is 0.692 bits per heavy atom. The fourth-order valence-electron chi connectivity index (χ4n) is 4.38. The standard InChI is InChI=1S/C31H58N2O6/c1-7-8-9-10-11-12-13-14-15-16-17-18-19-20-21-22-27(34)32-25(2)29(36)33-26(30(37)38-6)23-24-28(35)39-31(3,4)5/h25-26H,7-24H2,1-6H3,(H,32,34)(H,33,36)/t25-,26+/m0/s1. The minimum absolute atomic E-state index is 0.0444. The van der Waals surface area contributed by atoms with Crippen LogP contribution < -0.4 is 10.6 Å². The third kappa shape index (κ3) is 22.4. The lowest BCUT2D eigenvalue weighted by atomic mass is 10.0. The second-order valence-corrected chi connectivity index (χ2v) is 11.7. The minimum Gasteiger partial charge on any atom is -0.467 e. The fraction of sp³-hybridized carbons (Fsp3) is 0.871.